The van der Waals surface area contributed by atoms with Crippen LogP contribution in [0.1, 0.15) is 59.3 Å². The maximum atomic E-state index is 13.0. The van der Waals surface area contributed by atoms with Gasteiger partial charge >= 0.3 is 0 Å². The molecule has 0 aromatic rings. The molecule has 0 aromatic carbocycles. The van der Waals surface area contributed by atoms with Crippen molar-refractivity contribution in [1.29, 1.82) is 0 Å². The minimum absolute atomic E-state index is 0.0522. The largest absolute Gasteiger partial charge is 0.485 e. The summed E-state index contributed by atoms with van der Waals surface area (Å²) in [4.78, 5) is 20.2. The lowest BCUT2D eigenvalue weighted by atomic mass is 9.79. The van der Waals surface area contributed by atoms with Gasteiger partial charge in [-0.15, -0.1) is 0 Å². The Balaban J connectivity index is 2.47. The van der Waals surface area contributed by atoms with E-state index in [9.17, 15) is 15.0 Å². The van der Waals surface area contributed by atoms with E-state index in [0.717, 1.165) is 37.2 Å². The summed E-state index contributed by atoms with van der Waals surface area (Å²) in [5.74, 6) is 0.0449. The summed E-state index contributed by atoms with van der Waals surface area (Å²) in [6, 6.07) is -0.592. The van der Waals surface area contributed by atoms with Crippen molar-refractivity contribution in [3.63, 3.8) is 0 Å². The van der Waals surface area contributed by atoms with Crippen molar-refractivity contribution in [2.24, 2.45) is 0 Å². The van der Waals surface area contributed by atoms with Crippen molar-refractivity contribution in [1.82, 2.24) is 9.96 Å². The number of hydrogen-bond donors (Lipinski definition) is 2. The van der Waals surface area contributed by atoms with E-state index in [1.165, 1.54) is 7.11 Å². The van der Waals surface area contributed by atoms with Crippen LogP contribution in [0.3, 0.4) is 0 Å². The topological polar surface area (TPSA) is 82.5 Å². The molecule has 7 heteroatoms. The lowest BCUT2D eigenvalue weighted by molar-refractivity contribution is -0.160. The Bertz CT molecular complexity index is 602. The number of amides is 1. The highest BCUT2D eigenvalue weighted by Crippen LogP contribution is 2.44. The third-order valence-electron chi connectivity index (χ3n) is 5.71. The highest BCUT2D eigenvalue weighted by molar-refractivity contribution is 6.00. The van der Waals surface area contributed by atoms with Crippen LogP contribution in [-0.4, -0.2) is 70.6 Å². The van der Waals surface area contributed by atoms with Crippen molar-refractivity contribution in [3.8, 4) is 0 Å². The van der Waals surface area contributed by atoms with Gasteiger partial charge in [-0.25, -0.2) is 0 Å². The Morgan fingerprint density at radius 2 is 1.93 bits per heavy atom. The summed E-state index contributed by atoms with van der Waals surface area (Å²) < 4.78 is 6.15. The van der Waals surface area contributed by atoms with Gasteiger partial charge in [-0.2, -0.15) is 5.06 Å². The molecule has 0 saturated heterocycles. The number of ether oxygens (including phenoxy) is 1. The Morgan fingerprint density at radius 1 is 1.25 bits per heavy atom. The molecule has 1 amide bonds. The number of carbonyl (C=O) groups is 1. The summed E-state index contributed by atoms with van der Waals surface area (Å²) in [6.45, 7) is 10.9. The van der Waals surface area contributed by atoms with Gasteiger partial charge in [0.05, 0.1) is 25.3 Å². The van der Waals surface area contributed by atoms with E-state index < -0.39 is 17.7 Å². The Kier molecular flexibility index (Phi) is 8.07. The van der Waals surface area contributed by atoms with Gasteiger partial charge in [0, 0.05) is 6.54 Å². The van der Waals surface area contributed by atoms with Gasteiger partial charge in [-0.3, -0.25) is 14.5 Å². The van der Waals surface area contributed by atoms with Crippen LogP contribution in [0.5, 0.6) is 0 Å². The molecule has 2 aliphatic rings. The summed E-state index contributed by atoms with van der Waals surface area (Å²) in [6.07, 6.45) is 5.14. The van der Waals surface area contributed by atoms with Crippen LogP contribution >= 0.6 is 0 Å². The van der Waals surface area contributed by atoms with Crippen LogP contribution in [0.2, 0.25) is 0 Å². The second-order valence-corrected chi connectivity index (χ2v) is 7.82. The molecule has 3 atom stereocenters. The molecule has 0 spiro atoms. The van der Waals surface area contributed by atoms with E-state index in [1.54, 1.807) is 6.92 Å². The Labute approximate surface area is 168 Å². The maximum absolute atomic E-state index is 13.0. The fraction of sp³-hybridized carbons (Fsp3) is 0.762. The molecule has 28 heavy (non-hydrogen) atoms. The first-order valence-corrected chi connectivity index (χ1v) is 10.4. The SMILES string of the molecule is C=C1C2=C(C(=O)N1OC)[C@@H](N(CCO)CCCC)[C@@](C)(O)[C@H](CCCCC)O2. The molecular weight excluding hydrogens is 360 g/mol. The lowest BCUT2D eigenvalue weighted by Crippen LogP contribution is -2.62. The molecule has 2 rings (SSSR count). The predicted octanol–water partition coefficient (Wildman–Crippen LogP) is 2.35. The third kappa shape index (κ3) is 4.27. The first kappa shape index (κ1) is 22.9. The van der Waals surface area contributed by atoms with E-state index in [4.69, 9.17) is 9.57 Å². The zero-order valence-corrected chi connectivity index (χ0v) is 17.7. The number of carbonyl (C=O) groups excluding carboxylic acids is 1. The zero-order valence-electron chi connectivity index (χ0n) is 17.7. The molecule has 2 heterocycles. The molecule has 2 aliphatic heterocycles. The standard InChI is InChI=1S/C21H36N2O5/c1-6-8-10-11-16-21(4,26)19(22(13-14-24)12-9-7-2)17-18(28-16)15(3)23(27-5)20(17)25/h16,19,24,26H,3,6-14H2,1-2,4-5H3/t16-,19+,21-/m0/s1. The molecular formula is C21H36N2O5. The first-order chi connectivity index (χ1) is 13.3. The number of hydrogen-bond acceptors (Lipinski definition) is 6. The molecule has 160 valence electrons. The van der Waals surface area contributed by atoms with Crippen LogP contribution in [0.4, 0.5) is 0 Å². The van der Waals surface area contributed by atoms with Crippen LogP contribution < -0.4 is 0 Å². The van der Waals surface area contributed by atoms with Crippen LogP contribution in [0.25, 0.3) is 0 Å². The van der Waals surface area contributed by atoms with Crippen molar-refractivity contribution in [2.75, 3.05) is 26.8 Å². The van der Waals surface area contributed by atoms with Gasteiger partial charge < -0.3 is 14.9 Å². The molecule has 0 aliphatic carbocycles. The van der Waals surface area contributed by atoms with Gasteiger partial charge in [-0.1, -0.05) is 39.7 Å². The number of unbranched alkanes of at least 4 members (excludes halogenated alkanes) is 3. The Hall–Kier alpha value is -1.41. The number of aliphatic hydroxyl groups is 2. The van der Waals surface area contributed by atoms with E-state index in [1.807, 2.05) is 4.90 Å². The molecule has 0 saturated carbocycles. The number of rotatable bonds is 11. The number of nitrogens with zero attached hydrogens (tertiary/aromatic N) is 2. The summed E-state index contributed by atoms with van der Waals surface area (Å²) in [7, 11) is 1.41. The highest BCUT2D eigenvalue weighted by Gasteiger charge is 2.56. The zero-order chi connectivity index (χ0) is 20.9. The van der Waals surface area contributed by atoms with E-state index in [0.29, 0.717) is 36.5 Å². The molecule has 2 N–H and O–H groups in total. The third-order valence-corrected chi connectivity index (χ3v) is 5.71. The quantitative estimate of drug-likeness (QED) is 0.522. The molecule has 0 fully saturated rings. The van der Waals surface area contributed by atoms with Crippen LogP contribution in [-0.2, 0) is 14.4 Å². The molecule has 0 bridgehead atoms. The first-order valence-electron chi connectivity index (χ1n) is 10.4. The van der Waals surface area contributed by atoms with E-state index in [-0.39, 0.29) is 12.5 Å². The van der Waals surface area contributed by atoms with Crippen molar-refractivity contribution in [3.05, 3.63) is 23.6 Å². The maximum Gasteiger partial charge on any atom is 0.283 e. The van der Waals surface area contributed by atoms with Crippen molar-refractivity contribution < 1.29 is 24.6 Å². The minimum atomic E-state index is -1.28. The van der Waals surface area contributed by atoms with E-state index in [2.05, 4.69) is 20.4 Å². The fourth-order valence-corrected chi connectivity index (χ4v) is 4.22. The van der Waals surface area contributed by atoms with E-state index >= 15 is 0 Å². The highest BCUT2D eigenvalue weighted by atomic mass is 16.7. The lowest BCUT2D eigenvalue weighted by Gasteiger charge is -2.47. The van der Waals surface area contributed by atoms with Gasteiger partial charge in [-0.05, 0) is 32.7 Å². The molecule has 7 nitrogen and oxygen atoms in total. The molecule has 0 aromatic heterocycles. The summed E-state index contributed by atoms with van der Waals surface area (Å²) in [5, 5.41) is 22.3. The number of hydroxylamine groups is 2. The van der Waals surface area contributed by atoms with Gasteiger partial charge in [0.2, 0.25) is 0 Å². The molecule has 0 radical (unpaired) electrons. The number of aliphatic hydroxyl groups excluding tert-OH is 1. The summed E-state index contributed by atoms with van der Waals surface area (Å²) >= 11 is 0. The smallest absolute Gasteiger partial charge is 0.283 e. The fourth-order valence-electron chi connectivity index (χ4n) is 4.22. The summed E-state index contributed by atoms with van der Waals surface area (Å²) in [5.41, 5.74) is -0.550. The second kappa shape index (κ2) is 9.87. The predicted molar refractivity (Wildman–Crippen MR) is 107 cm³/mol. The average Bonchev–Trinajstić information content (AvgIpc) is 2.89. The average molecular weight is 397 g/mol. The van der Waals surface area contributed by atoms with Crippen molar-refractivity contribution >= 4 is 5.91 Å². The monoisotopic (exact) mass is 396 g/mol. The Morgan fingerprint density at radius 3 is 2.50 bits per heavy atom. The van der Waals surface area contributed by atoms with Gasteiger partial charge in [0.15, 0.2) is 5.76 Å². The van der Waals surface area contributed by atoms with Crippen LogP contribution in [0, 0.1) is 0 Å². The van der Waals surface area contributed by atoms with Gasteiger partial charge in [0.1, 0.15) is 17.4 Å². The normalized spacial score (nSPS) is 27.6. The van der Waals surface area contributed by atoms with Crippen LogP contribution in [0.15, 0.2) is 23.6 Å². The second-order valence-electron chi connectivity index (χ2n) is 7.82. The molecule has 0 unspecified atom stereocenters. The minimum Gasteiger partial charge on any atom is -0.485 e. The van der Waals surface area contributed by atoms with Crippen molar-refractivity contribution in [2.45, 2.75) is 77.0 Å². The van der Waals surface area contributed by atoms with Gasteiger partial charge in [0.25, 0.3) is 5.91 Å².